The van der Waals surface area contributed by atoms with Crippen molar-refractivity contribution in [1.82, 2.24) is 4.90 Å². The maximum atomic E-state index is 9.21. The van der Waals surface area contributed by atoms with Gasteiger partial charge in [-0.2, -0.15) is 0 Å². The van der Waals surface area contributed by atoms with E-state index in [4.69, 9.17) is 5.73 Å². The van der Waals surface area contributed by atoms with Crippen LogP contribution in [0.1, 0.15) is 33.6 Å². The van der Waals surface area contributed by atoms with Gasteiger partial charge in [-0.1, -0.05) is 13.8 Å². The average Bonchev–Trinajstić information content (AvgIpc) is 1.99. The van der Waals surface area contributed by atoms with E-state index in [0.29, 0.717) is 5.92 Å². The maximum Gasteiger partial charge on any atom is 0.0546 e. The van der Waals surface area contributed by atoms with E-state index >= 15 is 0 Å². The van der Waals surface area contributed by atoms with Gasteiger partial charge in [-0.05, 0) is 38.1 Å². The Morgan fingerprint density at radius 1 is 1.47 bits per heavy atom. The zero-order valence-electron chi connectivity index (χ0n) is 10.5. The third-order valence-corrected chi connectivity index (χ3v) is 3.69. The van der Waals surface area contributed by atoms with E-state index < -0.39 is 0 Å². The Morgan fingerprint density at radius 3 is 2.40 bits per heavy atom. The lowest BCUT2D eigenvalue weighted by atomic mass is 9.81. The highest BCUT2D eigenvalue weighted by molar-refractivity contribution is 4.84. The number of nitrogens with zero attached hydrogens (tertiary/aromatic N) is 1. The number of hydrogen-bond acceptors (Lipinski definition) is 3. The first-order valence-electron chi connectivity index (χ1n) is 5.93. The van der Waals surface area contributed by atoms with Crippen molar-refractivity contribution in [2.75, 3.05) is 20.1 Å². The average molecular weight is 214 g/mol. The Bertz CT molecular complexity index is 198. The van der Waals surface area contributed by atoms with Gasteiger partial charge in [0.2, 0.25) is 0 Å². The van der Waals surface area contributed by atoms with E-state index in [0.717, 1.165) is 25.9 Å². The summed E-state index contributed by atoms with van der Waals surface area (Å²) in [5.74, 6) is 0.689. The smallest absolute Gasteiger partial charge is 0.0546 e. The van der Waals surface area contributed by atoms with Gasteiger partial charge in [0.05, 0.1) is 6.10 Å². The van der Waals surface area contributed by atoms with Crippen LogP contribution in [0, 0.1) is 11.3 Å². The molecule has 1 fully saturated rings. The first-order valence-corrected chi connectivity index (χ1v) is 5.93. The van der Waals surface area contributed by atoms with Gasteiger partial charge in [-0.3, -0.25) is 0 Å². The van der Waals surface area contributed by atoms with Gasteiger partial charge >= 0.3 is 0 Å². The molecule has 90 valence electrons. The van der Waals surface area contributed by atoms with Crippen molar-refractivity contribution in [3.8, 4) is 0 Å². The molecule has 0 heterocycles. The molecule has 0 bridgehead atoms. The summed E-state index contributed by atoms with van der Waals surface area (Å²) in [5, 5.41) is 9.21. The van der Waals surface area contributed by atoms with Crippen molar-refractivity contribution in [3.63, 3.8) is 0 Å². The quantitative estimate of drug-likeness (QED) is 0.719. The summed E-state index contributed by atoms with van der Waals surface area (Å²) in [6.45, 7) is 8.61. The summed E-state index contributed by atoms with van der Waals surface area (Å²) < 4.78 is 0. The van der Waals surface area contributed by atoms with Crippen molar-refractivity contribution < 1.29 is 5.11 Å². The zero-order chi connectivity index (χ0) is 11.6. The van der Waals surface area contributed by atoms with Crippen LogP contribution in [0.5, 0.6) is 0 Å². The Kier molecular flexibility index (Phi) is 4.15. The van der Waals surface area contributed by atoms with Crippen LogP contribution in [-0.4, -0.2) is 42.3 Å². The van der Waals surface area contributed by atoms with E-state index in [1.165, 1.54) is 0 Å². The molecule has 0 aromatic rings. The predicted octanol–water partition coefficient (Wildman–Crippen LogP) is 1.06. The third-order valence-electron chi connectivity index (χ3n) is 3.69. The van der Waals surface area contributed by atoms with Gasteiger partial charge in [-0.15, -0.1) is 0 Å². The molecule has 0 amide bonds. The van der Waals surface area contributed by atoms with Gasteiger partial charge in [0.15, 0.2) is 0 Å². The summed E-state index contributed by atoms with van der Waals surface area (Å²) in [7, 11) is 2.15. The minimum atomic E-state index is -0.0372. The van der Waals surface area contributed by atoms with Crippen LogP contribution in [0.2, 0.25) is 0 Å². The van der Waals surface area contributed by atoms with Crippen molar-refractivity contribution in [2.45, 2.75) is 45.8 Å². The highest BCUT2D eigenvalue weighted by Gasteiger charge is 2.30. The van der Waals surface area contributed by atoms with Gasteiger partial charge in [0, 0.05) is 19.1 Å². The van der Waals surface area contributed by atoms with Crippen LogP contribution in [0.4, 0.5) is 0 Å². The monoisotopic (exact) mass is 214 g/mol. The highest BCUT2D eigenvalue weighted by atomic mass is 16.3. The summed E-state index contributed by atoms with van der Waals surface area (Å²) in [5.41, 5.74) is 6.11. The van der Waals surface area contributed by atoms with Gasteiger partial charge in [0.1, 0.15) is 0 Å². The van der Waals surface area contributed by atoms with E-state index in [-0.39, 0.29) is 17.6 Å². The molecule has 0 saturated heterocycles. The second-order valence-corrected chi connectivity index (χ2v) is 5.97. The van der Waals surface area contributed by atoms with E-state index in [1.54, 1.807) is 0 Å². The molecular formula is C12H26N2O. The molecule has 3 heteroatoms. The van der Waals surface area contributed by atoms with E-state index in [9.17, 15) is 5.11 Å². The topological polar surface area (TPSA) is 49.5 Å². The number of rotatable bonds is 5. The van der Waals surface area contributed by atoms with E-state index in [1.807, 2.05) is 0 Å². The SMILES string of the molecule is CC(N)C(C)(C)CN(C)CC1CC(O)C1. The van der Waals surface area contributed by atoms with Crippen molar-refractivity contribution in [3.05, 3.63) is 0 Å². The number of hydrogen-bond donors (Lipinski definition) is 2. The number of aliphatic hydroxyl groups is 1. The fourth-order valence-corrected chi connectivity index (χ4v) is 2.19. The summed E-state index contributed by atoms with van der Waals surface area (Å²) in [6, 6.07) is 0.215. The van der Waals surface area contributed by atoms with Gasteiger partial charge in [0.25, 0.3) is 0 Å². The molecule has 0 spiro atoms. The number of aliphatic hydroxyl groups excluding tert-OH is 1. The Labute approximate surface area is 93.6 Å². The molecule has 1 aliphatic carbocycles. The minimum Gasteiger partial charge on any atom is -0.393 e. The summed E-state index contributed by atoms with van der Waals surface area (Å²) >= 11 is 0. The van der Waals surface area contributed by atoms with Crippen LogP contribution in [0.15, 0.2) is 0 Å². The molecule has 1 aliphatic rings. The lowest BCUT2D eigenvalue weighted by molar-refractivity contribution is 0.0225. The molecule has 3 N–H and O–H groups in total. The molecule has 1 unspecified atom stereocenters. The molecule has 1 rings (SSSR count). The third kappa shape index (κ3) is 3.74. The lowest BCUT2D eigenvalue weighted by Crippen LogP contribution is -2.45. The van der Waals surface area contributed by atoms with Crippen LogP contribution in [0.3, 0.4) is 0 Å². The Hall–Kier alpha value is -0.120. The molecule has 0 aromatic heterocycles. The molecule has 3 nitrogen and oxygen atoms in total. The van der Waals surface area contributed by atoms with Crippen molar-refractivity contribution in [1.29, 1.82) is 0 Å². The highest BCUT2D eigenvalue weighted by Crippen LogP contribution is 2.28. The van der Waals surface area contributed by atoms with Crippen molar-refractivity contribution in [2.24, 2.45) is 17.1 Å². The summed E-state index contributed by atoms with van der Waals surface area (Å²) in [4.78, 5) is 2.35. The Morgan fingerprint density at radius 2 is 2.00 bits per heavy atom. The molecule has 1 saturated carbocycles. The Balaban J connectivity index is 2.26. The molecule has 1 atom stereocenters. The molecule has 0 aliphatic heterocycles. The predicted molar refractivity (Wildman–Crippen MR) is 63.7 cm³/mol. The molecule has 0 radical (unpaired) electrons. The first-order chi connectivity index (χ1) is 6.81. The largest absolute Gasteiger partial charge is 0.393 e. The van der Waals surface area contributed by atoms with E-state index in [2.05, 4.69) is 32.7 Å². The zero-order valence-corrected chi connectivity index (χ0v) is 10.5. The number of nitrogens with two attached hydrogens (primary N) is 1. The summed E-state index contributed by atoms with van der Waals surface area (Å²) in [6.07, 6.45) is 1.91. The van der Waals surface area contributed by atoms with Crippen LogP contribution < -0.4 is 5.73 Å². The molecule has 15 heavy (non-hydrogen) atoms. The fraction of sp³-hybridized carbons (Fsp3) is 1.00. The minimum absolute atomic E-state index is 0.0372. The van der Waals surface area contributed by atoms with Crippen LogP contribution in [-0.2, 0) is 0 Å². The fourth-order valence-electron chi connectivity index (χ4n) is 2.19. The normalized spacial score (nSPS) is 29.0. The van der Waals surface area contributed by atoms with Gasteiger partial charge < -0.3 is 15.7 Å². The first kappa shape index (κ1) is 12.9. The standard InChI is InChI=1S/C12H26N2O/c1-9(13)12(2,3)8-14(4)7-10-5-11(15)6-10/h9-11,15H,5-8,13H2,1-4H3. The molecular weight excluding hydrogens is 188 g/mol. The second-order valence-electron chi connectivity index (χ2n) is 5.97. The second kappa shape index (κ2) is 4.81. The van der Waals surface area contributed by atoms with Gasteiger partial charge in [-0.25, -0.2) is 0 Å². The maximum absolute atomic E-state index is 9.21. The van der Waals surface area contributed by atoms with Crippen LogP contribution >= 0.6 is 0 Å². The van der Waals surface area contributed by atoms with Crippen molar-refractivity contribution >= 4 is 0 Å². The van der Waals surface area contributed by atoms with Crippen LogP contribution in [0.25, 0.3) is 0 Å². The molecule has 0 aromatic carbocycles. The lowest BCUT2D eigenvalue weighted by Gasteiger charge is -2.38.